The van der Waals surface area contributed by atoms with E-state index in [0.29, 0.717) is 5.41 Å². The zero-order chi connectivity index (χ0) is 12.3. The predicted octanol–water partition coefficient (Wildman–Crippen LogP) is 1.26. The molecule has 3 heteroatoms. The molecule has 0 unspecified atom stereocenters. The Hall–Kier alpha value is -0.120. The first-order valence-corrected chi connectivity index (χ1v) is 7.21. The molecule has 0 atom stereocenters. The largest absolute Gasteiger partial charge is 0.314 e. The molecule has 0 spiro atoms. The fraction of sp³-hybridized carbons (Fsp3) is 1.00. The maximum absolute atomic E-state index is 3.41. The van der Waals surface area contributed by atoms with E-state index in [9.17, 15) is 0 Å². The normalized spacial score (nSPS) is 24.9. The SMILES string of the molecule is CC(C)(C)C1CN(CCCN2CCNCC2)C1. The van der Waals surface area contributed by atoms with Gasteiger partial charge in [-0.1, -0.05) is 20.8 Å². The van der Waals surface area contributed by atoms with Crippen LogP contribution < -0.4 is 5.32 Å². The highest BCUT2D eigenvalue weighted by atomic mass is 15.2. The molecule has 3 nitrogen and oxygen atoms in total. The number of hydrogen-bond acceptors (Lipinski definition) is 3. The fourth-order valence-electron chi connectivity index (χ4n) is 2.75. The van der Waals surface area contributed by atoms with Crippen LogP contribution in [-0.2, 0) is 0 Å². The quantitative estimate of drug-likeness (QED) is 0.797. The average Bonchev–Trinajstić information content (AvgIpc) is 2.21. The molecule has 2 heterocycles. The first-order valence-electron chi connectivity index (χ1n) is 7.21. The molecule has 2 aliphatic heterocycles. The summed E-state index contributed by atoms with van der Waals surface area (Å²) in [6, 6.07) is 0. The van der Waals surface area contributed by atoms with E-state index in [1.807, 2.05) is 0 Å². The van der Waals surface area contributed by atoms with E-state index in [1.165, 1.54) is 58.8 Å². The maximum Gasteiger partial charge on any atom is 0.0107 e. The highest BCUT2D eigenvalue weighted by Gasteiger charge is 2.34. The number of nitrogens with one attached hydrogen (secondary N) is 1. The minimum absolute atomic E-state index is 0.509. The number of hydrogen-bond donors (Lipinski definition) is 1. The van der Waals surface area contributed by atoms with Crippen LogP contribution in [0, 0.1) is 11.3 Å². The van der Waals surface area contributed by atoms with Crippen LogP contribution in [0.5, 0.6) is 0 Å². The molecule has 2 saturated heterocycles. The lowest BCUT2D eigenvalue weighted by Gasteiger charge is -2.46. The summed E-state index contributed by atoms with van der Waals surface area (Å²) in [7, 11) is 0. The highest BCUT2D eigenvalue weighted by molar-refractivity contribution is 4.87. The van der Waals surface area contributed by atoms with Gasteiger partial charge in [-0.05, 0) is 30.8 Å². The molecule has 0 amide bonds. The van der Waals surface area contributed by atoms with Gasteiger partial charge >= 0.3 is 0 Å². The van der Waals surface area contributed by atoms with Gasteiger partial charge in [0.2, 0.25) is 0 Å². The summed E-state index contributed by atoms with van der Waals surface area (Å²) < 4.78 is 0. The number of rotatable bonds is 4. The van der Waals surface area contributed by atoms with Crippen molar-refractivity contribution in [1.82, 2.24) is 15.1 Å². The van der Waals surface area contributed by atoms with Crippen LogP contribution in [0.15, 0.2) is 0 Å². The molecular weight excluding hydrogens is 210 g/mol. The summed E-state index contributed by atoms with van der Waals surface area (Å²) in [5.74, 6) is 0.918. The van der Waals surface area contributed by atoms with Crippen molar-refractivity contribution < 1.29 is 0 Å². The monoisotopic (exact) mass is 239 g/mol. The molecule has 2 aliphatic rings. The zero-order valence-electron chi connectivity index (χ0n) is 11.8. The Labute approximate surface area is 107 Å². The summed E-state index contributed by atoms with van der Waals surface area (Å²) in [4.78, 5) is 5.22. The van der Waals surface area contributed by atoms with Crippen LogP contribution in [0.1, 0.15) is 27.2 Å². The predicted molar refractivity (Wildman–Crippen MR) is 73.3 cm³/mol. The molecule has 0 aromatic rings. The molecular formula is C14H29N3. The van der Waals surface area contributed by atoms with Crippen LogP contribution >= 0.6 is 0 Å². The molecule has 2 fully saturated rings. The van der Waals surface area contributed by atoms with Gasteiger partial charge in [0.05, 0.1) is 0 Å². The van der Waals surface area contributed by atoms with E-state index in [2.05, 4.69) is 35.9 Å². The molecule has 100 valence electrons. The standard InChI is InChI=1S/C14H29N3/c1-14(2,3)13-11-17(12-13)8-4-7-16-9-5-15-6-10-16/h13,15H,4-12H2,1-3H3. The maximum atomic E-state index is 3.41. The van der Waals surface area contributed by atoms with Gasteiger partial charge in [0, 0.05) is 39.3 Å². The van der Waals surface area contributed by atoms with Crippen LogP contribution in [0.25, 0.3) is 0 Å². The zero-order valence-corrected chi connectivity index (χ0v) is 11.8. The Morgan fingerprint density at radius 2 is 1.59 bits per heavy atom. The Morgan fingerprint density at radius 1 is 1.00 bits per heavy atom. The van der Waals surface area contributed by atoms with Gasteiger partial charge in [-0.15, -0.1) is 0 Å². The molecule has 0 bridgehead atoms. The van der Waals surface area contributed by atoms with Crippen molar-refractivity contribution in [1.29, 1.82) is 0 Å². The van der Waals surface area contributed by atoms with Crippen LogP contribution in [0.3, 0.4) is 0 Å². The third-order valence-electron chi connectivity index (χ3n) is 4.34. The van der Waals surface area contributed by atoms with E-state index >= 15 is 0 Å². The molecule has 0 radical (unpaired) electrons. The van der Waals surface area contributed by atoms with Crippen LogP contribution in [-0.4, -0.2) is 62.2 Å². The Morgan fingerprint density at radius 3 is 2.18 bits per heavy atom. The summed E-state index contributed by atoms with van der Waals surface area (Å²) in [5.41, 5.74) is 0.509. The van der Waals surface area contributed by atoms with Crippen molar-refractivity contribution in [2.24, 2.45) is 11.3 Å². The number of nitrogens with zero attached hydrogens (tertiary/aromatic N) is 2. The van der Waals surface area contributed by atoms with Gasteiger partial charge < -0.3 is 15.1 Å². The smallest absolute Gasteiger partial charge is 0.0107 e. The van der Waals surface area contributed by atoms with Gasteiger partial charge in [-0.25, -0.2) is 0 Å². The second-order valence-corrected chi connectivity index (χ2v) is 6.77. The lowest BCUT2D eigenvalue weighted by molar-refractivity contribution is 0.0222. The number of likely N-dealkylation sites (tertiary alicyclic amines) is 1. The number of piperazine rings is 1. The lowest BCUT2D eigenvalue weighted by atomic mass is 9.76. The second-order valence-electron chi connectivity index (χ2n) is 6.77. The van der Waals surface area contributed by atoms with Crippen molar-refractivity contribution in [3.05, 3.63) is 0 Å². The summed E-state index contributed by atoms with van der Waals surface area (Å²) >= 11 is 0. The molecule has 17 heavy (non-hydrogen) atoms. The second kappa shape index (κ2) is 5.68. The fourth-order valence-corrected chi connectivity index (χ4v) is 2.75. The Bertz CT molecular complexity index is 222. The van der Waals surface area contributed by atoms with E-state index < -0.39 is 0 Å². The van der Waals surface area contributed by atoms with E-state index in [4.69, 9.17) is 0 Å². The summed E-state index contributed by atoms with van der Waals surface area (Å²) in [6.07, 6.45) is 1.34. The van der Waals surface area contributed by atoms with Gasteiger partial charge in [0.1, 0.15) is 0 Å². The molecule has 0 aliphatic carbocycles. The van der Waals surface area contributed by atoms with Crippen molar-refractivity contribution in [2.45, 2.75) is 27.2 Å². The third-order valence-corrected chi connectivity index (χ3v) is 4.34. The Kier molecular flexibility index (Phi) is 4.45. The minimum Gasteiger partial charge on any atom is -0.314 e. The van der Waals surface area contributed by atoms with Crippen molar-refractivity contribution in [3.63, 3.8) is 0 Å². The highest BCUT2D eigenvalue weighted by Crippen LogP contribution is 2.33. The molecule has 0 aromatic heterocycles. The topological polar surface area (TPSA) is 18.5 Å². The molecule has 0 aromatic carbocycles. The van der Waals surface area contributed by atoms with Gasteiger partial charge in [-0.3, -0.25) is 0 Å². The van der Waals surface area contributed by atoms with Gasteiger partial charge in [0.25, 0.3) is 0 Å². The Balaban J connectivity index is 1.53. The molecule has 0 saturated carbocycles. The minimum atomic E-state index is 0.509. The summed E-state index contributed by atoms with van der Waals surface area (Å²) in [5, 5.41) is 3.41. The third kappa shape index (κ3) is 3.94. The van der Waals surface area contributed by atoms with Gasteiger partial charge in [-0.2, -0.15) is 0 Å². The van der Waals surface area contributed by atoms with E-state index in [0.717, 1.165) is 5.92 Å². The molecule has 1 N–H and O–H groups in total. The average molecular weight is 239 g/mol. The van der Waals surface area contributed by atoms with Gasteiger partial charge in [0.15, 0.2) is 0 Å². The van der Waals surface area contributed by atoms with Crippen LogP contribution in [0.4, 0.5) is 0 Å². The van der Waals surface area contributed by atoms with Crippen molar-refractivity contribution in [3.8, 4) is 0 Å². The first-order chi connectivity index (χ1) is 8.05. The van der Waals surface area contributed by atoms with E-state index in [-0.39, 0.29) is 0 Å². The van der Waals surface area contributed by atoms with E-state index in [1.54, 1.807) is 0 Å². The van der Waals surface area contributed by atoms with Crippen molar-refractivity contribution in [2.75, 3.05) is 52.4 Å². The van der Waals surface area contributed by atoms with Crippen LogP contribution in [0.2, 0.25) is 0 Å². The van der Waals surface area contributed by atoms with Crippen molar-refractivity contribution >= 4 is 0 Å². The summed E-state index contributed by atoms with van der Waals surface area (Å²) in [6.45, 7) is 17.2. The molecule has 2 rings (SSSR count). The lowest BCUT2D eigenvalue weighted by Crippen LogP contribution is -2.52. The first kappa shape index (κ1) is 13.3.